The van der Waals surface area contributed by atoms with Gasteiger partial charge in [0.05, 0.1) is 13.3 Å². The Labute approximate surface area is 159 Å². The minimum atomic E-state index is 0.0645. The molecule has 0 saturated heterocycles. The molecule has 0 aliphatic heterocycles. The van der Waals surface area contributed by atoms with Gasteiger partial charge in [-0.3, -0.25) is 4.99 Å². The summed E-state index contributed by atoms with van der Waals surface area (Å²) in [5.41, 5.74) is 2.37. The van der Waals surface area contributed by atoms with Crippen LogP contribution in [0.3, 0.4) is 0 Å². The van der Waals surface area contributed by atoms with Crippen LogP contribution in [0, 0.1) is 0 Å². The van der Waals surface area contributed by atoms with Gasteiger partial charge in [0.25, 0.3) is 0 Å². The van der Waals surface area contributed by atoms with Crippen molar-refractivity contribution in [2.24, 2.45) is 10.1 Å². The largest absolute Gasteiger partial charge is 0.504 e. The number of fused-ring (bicyclic) bond motifs is 1. The first-order chi connectivity index (χ1) is 13.2. The molecule has 0 amide bonds. The van der Waals surface area contributed by atoms with E-state index in [2.05, 4.69) is 10.1 Å². The van der Waals surface area contributed by atoms with Crippen LogP contribution >= 0.6 is 11.3 Å². The number of nitrogens with zero attached hydrogens (tertiary/aromatic N) is 3. The zero-order chi connectivity index (χ0) is 18.8. The van der Waals surface area contributed by atoms with E-state index in [0.717, 1.165) is 32.8 Å². The SMILES string of the molecule is CN=c1scc(-c2cc3ccccc3o2)n1N=Cc1ccc(OC)c(O)c1. The number of thiazole rings is 1. The molecule has 0 unspecified atom stereocenters. The van der Waals surface area contributed by atoms with Gasteiger partial charge < -0.3 is 14.3 Å². The van der Waals surface area contributed by atoms with Gasteiger partial charge in [0.15, 0.2) is 17.3 Å². The molecule has 27 heavy (non-hydrogen) atoms. The van der Waals surface area contributed by atoms with Crippen molar-refractivity contribution >= 4 is 28.5 Å². The average Bonchev–Trinajstić information content (AvgIpc) is 3.29. The lowest BCUT2D eigenvalue weighted by atomic mass is 10.2. The molecule has 136 valence electrons. The van der Waals surface area contributed by atoms with Crippen molar-refractivity contribution in [2.75, 3.05) is 14.2 Å². The van der Waals surface area contributed by atoms with Crippen molar-refractivity contribution in [1.29, 1.82) is 0 Å². The fourth-order valence-electron chi connectivity index (χ4n) is 2.75. The molecular weight excluding hydrogens is 362 g/mol. The Kier molecular flexibility index (Phi) is 4.52. The first-order valence-electron chi connectivity index (χ1n) is 8.23. The van der Waals surface area contributed by atoms with E-state index in [1.807, 2.05) is 41.8 Å². The minimum absolute atomic E-state index is 0.0645. The molecule has 0 fully saturated rings. The summed E-state index contributed by atoms with van der Waals surface area (Å²) in [5.74, 6) is 1.20. The van der Waals surface area contributed by atoms with Crippen LogP contribution in [0.5, 0.6) is 11.5 Å². The molecule has 0 radical (unpaired) electrons. The summed E-state index contributed by atoms with van der Waals surface area (Å²) in [7, 11) is 3.23. The Bertz CT molecular complexity index is 1170. The van der Waals surface area contributed by atoms with E-state index in [9.17, 15) is 5.11 Å². The number of rotatable bonds is 4. The van der Waals surface area contributed by atoms with E-state index in [4.69, 9.17) is 9.15 Å². The third kappa shape index (κ3) is 3.24. The molecule has 0 aliphatic carbocycles. The first kappa shape index (κ1) is 17.1. The second kappa shape index (κ2) is 7.13. The monoisotopic (exact) mass is 379 g/mol. The predicted molar refractivity (Wildman–Crippen MR) is 107 cm³/mol. The molecule has 0 bridgehead atoms. The lowest BCUT2D eigenvalue weighted by Gasteiger charge is -2.03. The highest BCUT2D eigenvalue weighted by atomic mass is 32.1. The van der Waals surface area contributed by atoms with E-state index < -0.39 is 0 Å². The predicted octanol–water partition coefficient (Wildman–Crippen LogP) is 4.09. The summed E-state index contributed by atoms with van der Waals surface area (Å²) in [4.78, 5) is 5.02. The van der Waals surface area contributed by atoms with Crippen molar-refractivity contribution in [3.63, 3.8) is 0 Å². The molecule has 0 atom stereocenters. The number of aromatic hydroxyl groups is 1. The number of hydrogen-bond donors (Lipinski definition) is 1. The molecule has 0 spiro atoms. The third-order valence-corrected chi connectivity index (χ3v) is 4.99. The fraction of sp³-hybridized carbons (Fsp3) is 0.100. The van der Waals surface area contributed by atoms with E-state index >= 15 is 0 Å². The summed E-state index contributed by atoms with van der Waals surface area (Å²) >= 11 is 1.48. The highest BCUT2D eigenvalue weighted by Gasteiger charge is 2.12. The van der Waals surface area contributed by atoms with E-state index in [1.165, 1.54) is 18.4 Å². The lowest BCUT2D eigenvalue weighted by molar-refractivity contribution is 0.373. The lowest BCUT2D eigenvalue weighted by Crippen LogP contribution is -2.11. The number of methoxy groups -OCH3 is 1. The topological polar surface area (TPSA) is 72.2 Å². The third-order valence-electron chi connectivity index (χ3n) is 4.08. The van der Waals surface area contributed by atoms with Gasteiger partial charge in [-0.1, -0.05) is 18.2 Å². The number of furan rings is 1. The van der Waals surface area contributed by atoms with Crippen molar-refractivity contribution in [3.05, 3.63) is 64.3 Å². The normalized spacial score (nSPS) is 12.3. The van der Waals surface area contributed by atoms with Crippen LogP contribution < -0.4 is 9.54 Å². The molecule has 6 nitrogen and oxygen atoms in total. The summed E-state index contributed by atoms with van der Waals surface area (Å²) in [6, 6.07) is 15.0. The van der Waals surface area contributed by atoms with Crippen molar-refractivity contribution in [1.82, 2.24) is 4.68 Å². The van der Waals surface area contributed by atoms with Crippen LogP contribution in [0.1, 0.15) is 5.56 Å². The molecule has 2 aromatic carbocycles. The quantitative estimate of drug-likeness (QED) is 0.543. The van der Waals surface area contributed by atoms with Gasteiger partial charge in [0.2, 0.25) is 4.80 Å². The van der Waals surface area contributed by atoms with Crippen LogP contribution in [0.4, 0.5) is 0 Å². The van der Waals surface area contributed by atoms with E-state index in [-0.39, 0.29) is 5.75 Å². The molecular formula is C20H17N3O3S. The molecule has 0 aliphatic rings. The Balaban J connectivity index is 1.76. The van der Waals surface area contributed by atoms with Gasteiger partial charge in [-0.05, 0) is 35.9 Å². The van der Waals surface area contributed by atoms with E-state index in [0.29, 0.717) is 5.75 Å². The number of aromatic nitrogens is 1. The first-order valence-corrected chi connectivity index (χ1v) is 9.11. The van der Waals surface area contributed by atoms with Crippen LogP contribution in [-0.4, -0.2) is 30.2 Å². The fourth-order valence-corrected chi connectivity index (χ4v) is 3.54. The van der Waals surface area contributed by atoms with Gasteiger partial charge in [-0.25, -0.2) is 4.68 Å². The van der Waals surface area contributed by atoms with Crippen LogP contribution in [-0.2, 0) is 0 Å². The zero-order valence-corrected chi connectivity index (χ0v) is 15.6. The average molecular weight is 379 g/mol. The second-order valence-corrected chi connectivity index (χ2v) is 6.60. The Morgan fingerprint density at radius 3 is 2.78 bits per heavy atom. The van der Waals surface area contributed by atoms with Crippen LogP contribution in [0.15, 0.2) is 68.4 Å². The zero-order valence-electron chi connectivity index (χ0n) is 14.8. The molecule has 2 heterocycles. The van der Waals surface area contributed by atoms with Crippen molar-refractivity contribution in [3.8, 4) is 23.0 Å². The summed E-state index contributed by atoms with van der Waals surface area (Å²) in [5, 5.41) is 17.5. The standard InChI is InChI=1S/C20H17N3O3S/c1-21-20-23(22-11-13-7-8-18(25-2)16(24)9-13)15(12-27-20)19-10-14-5-3-4-6-17(14)26-19/h3-12,24H,1-2H3. The van der Waals surface area contributed by atoms with Crippen molar-refractivity contribution in [2.45, 2.75) is 0 Å². The maximum atomic E-state index is 9.94. The van der Waals surface area contributed by atoms with E-state index in [1.54, 1.807) is 30.1 Å². The smallest absolute Gasteiger partial charge is 0.206 e. The van der Waals surface area contributed by atoms with Gasteiger partial charge in [-0.15, -0.1) is 11.3 Å². The summed E-state index contributed by atoms with van der Waals surface area (Å²) in [6.45, 7) is 0. The molecule has 4 aromatic rings. The highest BCUT2D eigenvalue weighted by molar-refractivity contribution is 7.07. The maximum absolute atomic E-state index is 9.94. The number of phenols is 1. The summed E-state index contributed by atoms with van der Waals surface area (Å²) < 4.78 is 12.8. The Morgan fingerprint density at radius 1 is 1.19 bits per heavy atom. The van der Waals surface area contributed by atoms with Gasteiger partial charge in [-0.2, -0.15) is 5.10 Å². The molecule has 2 aromatic heterocycles. The maximum Gasteiger partial charge on any atom is 0.206 e. The van der Waals surface area contributed by atoms with Crippen LogP contribution in [0.2, 0.25) is 0 Å². The molecule has 1 N–H and O–H groups in total. The van der Waals surface area contributed by atoms with Gasteiger partial charge in [0, 0.05) is 17.8 Å². The number of hydrogen-bond acceptors (Lipinski definition) is 6. The van der Waals surface area contributed by atoms with Gasteiger partial charge in [0.1, 0.15) is 11.3 Å². The van der Waals surface area contributed by atoms with Gasteiger partial charge >= 0.3 is 0 Å². The Morgan fingerprint density at radius 2 is 2.04 bits per heavy atom. The van der Waals surface area contributed by atoms with Crippen molar-refractivity contribution < 1.29 is 14.3 Å². The van der Waals surface area contributed by atoms with Crippen LogP contribution in [0.25, 0.3) is 22.4 Å². The molecule has 0 saturated carbocycles. The minimum Gasteiger partial charge on any atom is -0.504 e. The highest BCUT2D eigenvalue weighted by Crippen LogP contribution is 2.28. The molecule has 4 rings (SSSR count). The second-order valence-electron chi connectivity index (χ2n) is 5.76. The number of para-hydroxylation sites is 1. The number of benzene rings is 2. The number of phenolic OH excluding ortho intramolecular Hbond substituents is 1. The number of ether oxygens (including phenoxy) is 1. The molecule has 7 heteroatoms. The summed E-state index contributed by atoms with van der Waals surface area (Å²) in [6.07, 6.45) is 1.66. The Hall–Kier alpha value is -3.32.